The molecule has 1 aromatic carbocycles. The molecule has 0 saturated heterocycles. The molecule has 1 atom stereocenters. The normalized spacial score (nSPS) is 13.2. The van der Waals surface area contributed by atoms with Crippen molar-refractivity contribution >= 4 is 27.5 Å². The summed E-state index contributed by atoms with van der Waals surface area (Å²) in [5.41, 5.74) is -1.49. The fourth-order valence-electron chi connectivity index (χ4n) is 1.19. The fourth-order valence-corrected chi connectivity index (χ4v) is 1.31. The number of hydrogen-bond donors (Lipinski definition) is 1. The molecule has 0 heterocycles. The summed E-state index contributed by atoms with van der Waals surface area (Å²) in [6.45, 7) is 1.71. The van der Waals surface area contributed by atoms with E-state index in [0.717, 1.165) is 0 Å². The molecule has 7 heteroatoms. The molecule has 1 N–H and O–H groups in total. The number of alkyl halides is 4. The van der Waals surface area contributed by atoms with Crippen LogP contribution in [0.3, 0.4) is 0 Å². The number of benzene rings is 1. The van der Waals surface area contributed by atoms with Crippen molar-refractivity contribution in [3.05, 3.63) is 29.6 Å². The minimum Gasteiger partial charge on any atom is -0.323 e. The molecular weight excluding hydrogens is 318 g/mol. The van der Waals surface area contributed by atoms with Gasteiger partial charge in [-0.15, -0.1) is 0 Å². The summed E-state index contributed by atoms with van der Waals surface area (Å²) < 4.78 is 50.5. The average molecular weight is 328 g/mol. The van der Waals surface area contributed by atoms with Crippen molar-refractivity contribution in [3.8, 4) is 0 Å². The third-order valence-electron chi connectivity index (χ3n) is 2.19. The zero-order valence-corrected chi connectivity index (χ0v) is 10.9. The Morgan fingerprint density at radius 1 is 1.44 bits per heavy atom. The molecule has 0 bridgehead atoms. The second-order valence-corrected chi connectivity index (χ2v) is 4.66. The smallest absolute Gasteiger partial charge is 0.323 e. The highest BCUT2D eigenvalue weighted by molar-refractivity contribution is 9.10. The molecule has 0 radical (unpaired) electrons. The van der Waals surface area contributed by atoms with Crippen LogP contribution in [0, 0.1) is 5.82 Å². The lowest BCUT2D eigenvalue weighted by molar-refractivity contribution is -0.137. The van der Waals surface area contributed by atoms with Gasteiger partial charge < -0.3 is 5.32 Å². The van der Waals surface area contributed by atoms with Gasteiger partial charge in [-0.2, -0.15) is 13.2 Å². The van der Waals surface area contributed by atoms with Crippen LogP contribution in [0.15, 0.2) is 18.2 Å². The highest BCUT2D eigenvalue weighted by atomic mass is 79.9. The second kappa shape index (κ2) is 5.69. The van der Waals surface area contributed by atoms with Crippen LogP contribution in [0.4, 0.5) is 23.2 Å². The molecule has 1 amide bonds. The molecule has 0 saturated carbocycles. The maximum Gasteiger partial charge on any atom is 0.416 e. The van der Waals surface area contributed by atoms with Gasteiger partial charge in [0.15, 0.2) is 0 Å². The number of anilines is 1. The zero-order valence-electron chi connectivity index (χ0n) is 9.31. The van der Waals surface area contributed by atoms with Gasteiger partial charge in [-0.3, -0.25) is 4.79 Å². The number of nitrogens with one attached hydrogen (secondary N) is 1. The van der Waals surface area contributed by atoms with Gasteiger partial charge in [0.1, 0.15) is 5.82 Å². The Kier molecular flexibility index (Phi) is 4.72. The third kappa shape index (κ3) is 3.69. The number of carbonyl (C=O) groups excluding carboxylic acids is 1. The lowest BCUT2D eigenvalue weighted by Gasteiger charge is -2.12. The Hall–Kier alpha value is -1.11. The van der Waals surface area contributed by atoms with Crippen molar-refractivity contribution in [1.29, 1.82) is 0 Å². The first kappa shape index (κ1) is 14.9. The maximum atomic E-state index is 13.3. The monoisotopic (exact) mass is 327 g/mol. The molecule has 1 aromatic rings. The first-order valence-electron chi connectivity index (χ1n) is 5.07. The summed E-state index contributed by atoms with van der Waals surface area (Å²) in [4.78, 5) is 10.9. The SMILES string of the molecule is CCC(Br)C(=O)Nc1cc(C(F)(F)F)ccc1F. The quantitative estimate of drug-likeness (QED) is 0.660. The summed E-state index contributed by atoms with van der Waals surface area (Å²) >= 11 is 3.03. The summed E-state index contributed by atoms with van der Waals surface area (Å²) in [5.74, 6) is -1.50. The first-order valence-corrected chi connectivity index (χ1v) is 5.99. The van der Waals surface area contributed by atoms with Crippen LogP contribution in [0.2, 0.25) is 0 Å². The fraction of sp³-hybridized carbons (Fsp3) is 0.364. The van der Waals surface area contributed by atoms with Crippen molar-refractivity contribution in [2.24, 2.45) is 0 Å². The van der Waals surface area contributed by atoms with E-state index in [4.69, 9.17) is 0 Å². The second-order valence-electron chi connectivity index (χ2n) is 3.56. The van der Waals surface area contributed by atoms with Gasteiger partial charge >= 0.3 is 6.18 Å². The van der Waals surface area contributed by atoms with Gasteiger partial charge in [0.25, 0.3) is 0 Å². The van der Waals surface area contributed by atoms with Crippen molar-refractivity contribution in [3.63, 3.8) is 0 Å². The van der Waals surface area contributed by atoms with Crippen LogP contribution in [0.1, 0.15) is 18.9 Å². The number of hydrogen-bond acceptors (Lipinski definition) is 1. The zero-order chi connectivity index (χ0) is 13.9. The largest absolute Gasteiger partial charge is 0.416 e. The van der Waals surface area contributed by atoms with Gasteiger partial charge in [0, 0.05) is 0 Å². The van der Waals surface area contributed by atoms with Crippen LogP contribution < -0.4 is 5.32 Å². The van der Waals surface area contributed by atoms with Crippen LogP contribution >= 0.6 is 15.9 Å². The van der Waals surface area contributed by atoms with Crippen molar-refractivity contribution in [1.82, 2.24) is 0 Å². The summed E-state index contributed by atoms with van der Waals surface area (Å²) in [6, 6.07) is 1.87. The Balaban J connectivity index is 2.99. The van der Waals surface area contributed by atoms with Crippen LogP contribution in [-0.4, -0.2) is 10.7 Å². The molecule has 0 aliphatic rings. The molecule has 18 heavy (non-hydrogen) atoms. The van der Waals surface area contributed by atoms with E-state index in [1.807, 2.05) is 0 Å². The molecule has 2 nitrogen and oxygen atoms in total. The van der Waals surface area contributed by atoms with Crippen LogP contribution in [-0.2, 0) is 11.0 Å². The molecular formula is C11H10BrF4NO. The van der Waals surface area contributed by atoms with Crippen molar-refractivity contribution < 1.29 is 22.4 Å². The van der Waals surface area contributed by atoms with Crippen LogP contribution in [0.5, 0.6) is 0 Å². The van der Waals surface area contributed by atoms with E-state index in [9.17, 15) is 22.4 Å². The van der Waals surface area contributed by atoms with E-state index in [1.165, 1.54) is 0 Å². The Bertz CT molecular complexity index is 447. The number of halogens is 5. The van der Waals surface area contributed by atoms with Crippen LogP contribution in [0.25, 0.3) is 0 Å². The lowest BCUT2D eigenvalue weighted by atomic mass is 10.2. The minimum absolute atomic E-state index is 0.437. The molecule has 0 spiro atoms. The number of amides is 1. The van der Waals surface area contributed by atoms with E-state index < -0.39 is 34.0 Å². The maximum absolute atomic E-state index is 13.3. The molecule has 100 valence electrons. The van der Waals surface area contributed by atoms with Crippen molar-refractivity contribution in [2.75, 3.05) is 5.32 Å². The highest BCUT2D eigenvalue weighted by Crippen LogP contribution is 2.31. The highest BCUT2D eigenvalue weighted by Gasteiger charge is 2.31. The molecule has 1 rings (SSSR count). The molecule has 1 unspecified atom stereocenters. The van der Waals surface area contributed by atoms with Gasteiger partial charge in [-0.05, 0) is 24.6 Å². The Morgan fingerprint density at radius 3 is 2.56 bits per heavy atom. The number of carbonyl (C=O) groups is 1. The third-order valence-corrected chi connectivity index (χ3v) is 3.26. The summed E-state index contributed by atoms with van der Waals surface area (Å²) in [7, 11) is 0. The van der Waals surface area contributed by atoms with E-state index in [2.05, 4.69) is 21.2 Å². The molecule has 0 aromatic heterocycles. The molecule has 0 aliphatic carbocycles. The first-order chi connectivity index (χ1) is 8.25. The topological polar surface area (TPSA) is 29.1 Å². The Morgan fingerprint density at radius 2 is 2.06 bits per heavy atom. The predicted molar refractivity (Wildman–Crippen MR) is 63.0 cm³/mol. The van der Waals surface area contributed by atoms with E-state index in [0.29, 0.717) is 24.6 Å². The predicted octanol–water partition coefficient (Wildman–Crippen LogP) is 3.96. The molecule has 0 aliphatic heterocycles. The van der Waals surface area contributed by atoms with E-state index >= 15 is 0 Å². The van der Waals surface area contributed by atoms with E-state index in [-0.39, 0.29) is 0 Å². The number of rotatable bonds is 3. The minimum atomic E-state index is -4.58. The Labute approximate surface area is 109 Å². The average Bonchev–Trinajstić information content (AvgIpc) is 2.29. The standard InChI is InChI=1S/C11H10BrF4NO/c1-2-7(12)10(18)17-9-5-6(11(14,15)16)3-4-8(9)13/h3-5,7H,2H2,1H3,(H,17,18). The summed E-state index contributed by atoms with van der Waals surface area (Å²) in [6.07, 6.45) is -4.14. The van der Waals surface area contributed by atoms with Gasteiger partial charge in [-0.25, -0.2) is 4.39 Å². The summed E-state index contributed by atoms with van der Waals surface area (Å²) in [5, 5.41) is 2.11. The van der Waals surface area contributed by atoms with E-state index in [1.54, 1.807) is 6.92 Å². The van der Waals surface area contributed by atoms with Gasteiger partial charge in [0.2, 0.25) is 5.91 Å². The molecule has 0 fully saturated rings. The van der Waals surface area contributed by atoms with Gasteiger partial charge in [0.05, 0.1) is 16.1 Å². The van der Waals surface area contributed by atoms with Crippen molar-refractivity contribution in [2.45, 2.75) is 24.3 Å². The lowest BCUT2D eigenvalue weighted by Crippen LogP contribution is -2.23. The van der Waals surface area contributed by atoms with Gasteiger partial charge in [-0.1, -0.05) is 22.9 Å².